The standard InChI is InChI=1S/C29H34BNO4/c1-6-33-27(32)21-26(30-34-28(2,3)29(4,5)35-30)22-17-19-25(20-18-22)31(23-13-9-7-10-14-23)24-15-11-8-12-16-24/h7-20,26H,6,21H2,1-5H3. The van der Waals surface area contributed by atoms with E-state index in [4.69, 9.17) is 14.0 Å². The Balaban J connectivity index is 1.68. The summed E-state index contributed by atoms with van der Waals surface area (Å²) in [5.41, 5.74) is 3.17. The molecule has 0 amide bonds. The number of esters is 1. The summed E-state index contributed by atoms with van der Waals surface area (Å²) in [5.74, 6) is -0.544. The summed E-state index contributed by atoms with van der Waals surface area (Å²) in [4.78, 5) is 14.7. The lowest BCUT2D eigenvalue weighted by molar-refractivity contribution is -0.143. The zero-order chi connectivity index (χ0) is 25.1. The van der Waals surface area contributed by atoms with Gasteiger partial charge >= 0.3 is 13.1 Å². The fraction of sp³-hybridized carbons (Fsp3) is 0.345. The van der Waals surface area contributed by atoms with Gasteiger partial charge in [0.15, 0.2) is 0 Å². The van der Waals surface area contributed by atoms with E-state index in [0.717, 1.165) is 22.6 Å². The maximum atomic E-state index is 12.5. The fourth-order valence-electron chi connectivity index (χ4n) is 4.30. The van der Waals surface area contributed by atoms with Gasteiger partial charge in [-0.1, -0.05) is 48.5 Å². The predicted octanol–water partition coefficient (Wildman–Crippen LogP) is 6.82. The van der Waals surface area contributed by atoms with E-state index in [1.54, 1.807) is 0 Å². The van der Waals surface area contributed by atoms with Crippen LogP contribution in [0.15, 0.2) is 84.9 Å². The zero-order valence-electron chi connectivity index (χ0n) is 21.2. The Morgan fingerprint density at radius 2 is 1.26 bits per heavy atom. The molecule has 182 valence electrons. The van der Waals surface area contributed by atoms with Crippen molar-refractivity contribution in [3.8, 4) is 0 Å². The first-order valence-corrected chi connectivity index (χ1v) is 12.2. The van der Waals surface area contributed by atoms with Crippen molar-refractivity contribution < 1.29 is 18.8 Å². The highest BCUT2D eigenvalue weighted by molar-refractivity contribution is 6.48. The Morgan fingerprint density at radius 3 is 1.71 bits per heavy atom. The molecular formula is C29H34BNO4. The number of anilines is 3. The number of hydrogen-bond acceptors (Lipinski definition) is 5. The van der Waals surface area contributed by atoms with Crippen molar-refractivity contribution in [2.45, 2.75) is 58.1 Å². The van der Waals surface area contributed by atoms with E-state index in [1.807, 2.05) is 71.0 Å². The maximum Gasteiger partial charge on any atom is 0.466 e. The van der Waals surface area contributed by atoms with Crippen LogP contribution in [0.25, 0.3) is 0 Å². The van der Waals surface area contributed by atoms with Gasteiger partial charge in [-0.15, -0.1) is 0 Å². The van der Waals surface area contributed by atoms with E-state index in [2.05, 4.69) is 53.4 Å². The number of rotatable bonds is 8. The second-order valence-corrected chi connectivity index (χ2v) is 9.84. The largest absolute Gasteiger partial charge is 0.466 e. The Hall–Kier alpha value is -3.09. The van der Waals surface area contributed by atoms with Crippen molar-refractivity contribution >= 4 is 30.1 Å². The first-order valence-electron chi connectivity index (χ1n) is 12.2. The van der Waals surface area contributed by atoms with Gasteiger partial charge in [-0.05, 0) is 76.6 Å². The molecule has 1 saturated heterocycles. The molecule has 1 atom stereocenters. The maximum absolute atomic E-state index is 12.5. The average Bonchev–Trinajstić information content (AvgIpc) is 3.06. The lowest BCUT2D eigenvalue weighted by Gasteiger charge is -2.32. The highest BCUT2D eigenvalue weighted by Crippen LogP contribution is 2.42. The number of benzene rings is 3. The number of para-hydroxylation sites is 2. The van der Waals surface area contributed by atoms with Crippen LogP contribution in [0.2, 0.25) is 0 Å². The summed E-state index contributed by atoms with van der Waals surface area (Å²) < 4.78 is 17.9. The Morgan fingerprint density at radius 1 is 0.800 bits per heavy atom. The van der Waals surface area contributed by atoms with Crippen molar-refractivity contribution in [3.63, 3.8) is 0 Å². The van der Waals surface area contributed by atoms with Crippen molar-refractivity contribution in [1.29, 1.82) is 0 Å². The quantitative estimate of drug-likeness (QED) is 0.266. The predicted molar refractivity (Wildman–Crippen MR) is 141 cm³/mol. The van der Waals surface area contributed by atoms with E-state index < -0.39 is 18.3 Å². The topological polar surface area (TPSA) is 48.0 Å². The van der Waals surface area contributed by atoms with Crippen LogP contribution in [0, 0.1) is 0 Å². The van der Waals surface area contributed by atoms with Gasteiger partial charge in [0.25, 0.3) is 0 Å². The molecule has 1 heterocycles. The van der Waals surface area contributed by atoms with Gasteiger partial charge < -0.3 is 18.9 Å². The fourth-order valence-corrected chi connectivity index (χ4v) is 4.30. The number of ether oxygens (including phenoxy) is 1. The molecule has 0 radical (unpaired) electrons. The van der Waals surface area contributed by atoms with Crippen LogP contribution >= 0.6 is 0 Å². The van der Waals surface area contributed by atoms with Crippen molar-refractivity contribution in [2.75, 3.05) is 11.5 Å². The molecule has 0 spiro atoms. The van der Waals surface area contributed by atoms with Gasteiger partial charge in [-0.3, -0.25) is 4.79 Å². The zero-order valence-corrected chi connectivity index (χ0v) is 21.2. The van der Waals surface area contributed by atoms with Gasteiger partial charge in [-0.2, -0.15) is 0 Å². The minimum absolute atomic E-state index is 0.186. The van der Waals surface area contributed by atoms with Crippen LogP contribution < -0.4 is 4.90 Å². The second-order valence-electron chi connectivity index (χ2n) is 9.84. The normalized spacial score (nSPS) is 17.1. The Kier molecular flexibility index (Phi) is 7.34. The van der Waals surface area contributed by atoms with Gasteiger partial charge in [0, 0.05) is 22.9 Å². The molecule has 6 heteroatoms. The summed E-state index contributed by atoms with van der Waals surface area (Å²) in [6.07, 6.45) is 0.186. The average molecular weight is 471 g/mol. The monoisotopic (exact) mass is 471 g/mol. The molecule has 4 rings (SSSR count). The Labute approximate surface area is 209 Å². The van der Waals surface area contributed by atoms with Crippen LogP contribution in [0.3, 0.4) is 0 Å². The van der Waals surface area contributed by atoms with Gasteiger partial charge in [0.05, 0.1) is 24.2 Å². The van der Waals surface area contributed by atoms with Gasteiger partial charge in [0.2, 0.25) is 0 Å². The van der Waals surface area contributed by atoms with Gasteiger partial charge in [0.1, 0.15) is 0 Å². The molecule has 0 aromatic heterocycles. The van der Waals surface area contributed by atoms with E-state index in [9.17, 15) is 4.79 Å². The summed E-state index contributed by atoms with van der Waals surface area (Å²) >= 11 is 0. The van der Waals surface area contributed by atoms with Crippen LogP contribution in [-0.4, -0.2) is 30.9 Å². The van der Waals surface area contributed by atoms with Crippen molar-refractivity contribution in [1.82, 2.24) is 0 Å². The highest BCUT2D eigenvalue weighted by atomic mass is 16.7. The van der Waals surface area contributed by atoms with Crippen LogP contribution in [-0.2, 0) is 18.8 Å². The molecule has 1 unspecified atom stereocenters. The molecule has 3 aromatic carbocycles. The molecule has 3 aromatic rings. The second kappa shape index (κ2) is 10.3. The van der Waals surface area contributed by atoms with E-state index in [0.29, 0.717) is 6.61 Å². The van der Waals surface area contributed by atoms with Crippen LogP contribution in [0.5, 0.6) is 0 Å². The lowest BCUT2D eigenvalue weighted by Crippen LogP contribution is -2.41. The van der Waals surface area contributed by atoms with E-state index >= 15 is 0 Å². The summed E-state index contributed by atoms with van der Waals surface area (Å²) in [6.45, 7) is 10.3. The van der Waals surface area contributed by atoms with E-state index in [-0.39, 0.29) is 18.2 Å². The number of carbonyl (C=O) groups excluding carboxylic acids is 1. The minimum atomic E-state index is -0.547. The van der Waals surface area contributed by atoms with Crippen LogP contribution in [0.4, 0.5) is 17.1 Å². The molecule has 1 aliphatic heterocycles. The number of nitrogens with zero attached hydrogens (tertiary/aromatic N) is 1. The molecular weight excluding hydrogens is 437 g/mol. The SMILES string of the molecule is CCOC(=O)CC(B1OC(C)(C)C(C)(C)O1)c1ccc(N(c2ccccc2)c2ccccc2)cc1. The molecule has 5 nitrogen and oxygen atoms in total. The third kappa shape index (κ3) is 5.44. The van der Waals surface area contributed by atoms with Crippen molar-refractivity contribution in [2.24, 2.45) is 0 Å². The molecule has 0 aliphatic carbocycles. The molecule has 1 aliphatic rings. The third-order valence-corrected chi connectivity index (χ3v) is 6.90. The summed E-state index contributed by atoms with van der Waals surface area (Å²) in [5, 5.41) is 0. The lowest BCUT2D eigenvalue weighted by atomic mass is 9.66. The number of hydrogen-bond donors (Lipinski definition) is 0. The molecule has 1 fully saturated rings. The smallest absolute Gasteiger partial charge is 0.466 e. The molecule has 35 heavy (non-hydrogen) atoms. The molecule has 0 bridgehead atoms. The molecule has 0 N–H and O–H groups in total. The highest BCUT2D eigenvalue weighted by Gasteiger charge is 2.54. The summed E-state index contributed by atoms with van der Waals surface area (Å²) in [7, 11) is -0.547. The van der Waals surface area contributed by atoms with E-state index in [1.165, 1.54) is 0 Å². The van der Waals surface area contributed by atoms with Crippen molar-refractivity contribution in [3.05, 3.63) is 90.5 Å². The molecule has 0 saturated carbocycles. The minimum Gasteiger partial charge on any atom is -0.466 e. The third-order valence-electron chi connectivity index (χ3n) is 6.90. The van der Waals surface area contributed by atoms with Crippen LogP contribution in [0.1, 0.15) is 52.4 Å². The van der Waals surface area contributed by atoms with Gasteiger partial charge in [-0.25, -0.2) is 0 Å². The summed E-state index contributed by atoms with van der Waals surface area (Å²) in [6, 6.07) is 28.8. The first-order chi connectivity index (χ1) is 16.7. The number of carbonyl (C=O) groups is 1. The first kappa shape index (κ1) is 25.0. The Bertz CT molecular complexity index is 1060.